The van der Waals surface area contributed by atoms with Gasteiger partial charge in [-0.2, -0.15) is 0 Å². The second kappa shape index (κ2) is 8.27. The molecule has 2 N–H and O–H groups in total. The van der Waals surface area contributed by atoms with Gasteiger partial charge in [-0.3, -0.25) is 19.7 Å². The highest BCUT2D eigenvalue weighted by Gasteiger charge is 2.47. The maximum Gasteiger partial charge on any atom is 0.295 e. The number of non-ortho nitro benzene ring substituents is 1. The summed E-state index contributed by atoms with van der Waals surface area (Å²) in [5.74, 6) is -1.93. The number of aryl methyl sites for hydroxylation is 1. The Bertz CT molecular complexity index is 1260. The number of nitro groups is 1. The molecule has 0 radical (unpaired) electrons. The van der Waals surface area contributed by atoms with Crippen LogP contribution in [0.15, 0.2) is 54.1 Å². The molecule has 1 aliphatic heterocycles. The number of para-hydroxylation sites is 1. The molecule has 2 aromatic carbocycles. The molecule has 1 unspecified atom stereocenters. The van der Waals surface area contributed by atoms with Crippen molar-refractivity contribution in [1.29, 1.82) is 0 Å². The van der Waals surface area contributed by atoms with Crippen LogP contribution in [0.5, 0.6) is 0 Å². The number of nitro benzene ring substituents is 1. The van der Waals surface area contributed by atoms with Crippen molar-refractivity contribution in [3.8, 4) is 0 Å². The number of benzene rings is 2. The van der Waals surface area contributed by atoms with E-state index in [2.05, 4.69) is 4.98 Å². The number of carbonyl (C=O) groups is 2. The molecule has 1 atom stereocenters. The molecule has 1 fully saturated rings. The van der Waals surface area contributed by atoms with Crippen molar-refractivity contribution in [1.82, 2.24) is 9.88 Å². The lowest BCUT2D eigenvalue weighted by Gasteiger charge is -2.25. The molecule has 0 bridgehead atoms. The Morgan fingerprint density at radius 1 is 1.19 bits per heavy atom. The number of carbonyl (C=O) groups excluding carboxylic acids is 2. The van der Waals surface area contributed by atoms with E-state index in [9.17, 15) is 24.8 Å². The van der Waals surface area contributed by atoms with Gasteiger partial charge in [-0.05, 0) is 25.1 Å². The van der Waals surface area contributed by atoms with Gasteiger partial charge >= 0.3 is 0 Å². The number of nitrogens with zero attached hydrogens (tertiary/aromatic N) is 2. The second-order valence-corrected chi connectivity index (χ2v) is 7.50. The molecule has 4 rings (SSSR count). The van der Waals surface area contributed by atoms with Crippen molar-refractivity contribution in [2.45, 2.75) is 13.0 Å². The lowest BCUT2D eigenvalue weighted by molar-refractivity contribution is -0.384. The lowest BCUT2D eigenvalue weighted by Crippen LogP contribution is -2.32. The summed E-state index contributed by atoms with van der Waals surface area (Å²) in [7, 11) is 1.50. The molecule has 0 spiro atoms. The van der Waals surface area contributed by atoms with Crippen molar-refractivity contribution >= 4 is 34.0 Å². The fraction of sp³-hybridized carbons (Fsp3) is 0.217. The van der Waals surface area contributed by atoms with Gasteiger partial charge in [-0.1, -0.05) is 18.2 Å². The average molecular weight is 435 g/mol. The molecular weight excluding hydrogens is 414 g/mol. The third-order valence-corrected chi connectivity index (χ3v) is 5.64. The van der Waals surface area contributed by atoms with Crippen LogP contribution in [0.4, 0.5) is 5.69 Å². The fourth-order valence-electron chi connectivity index (χ4n) is 4.15. The van der Waals surface area contributed by atoms with E-state index < -0.39 is 22.7 Å². The summed E-state index contributed by atoms with van der Waals surface area (Å²) < 4.78 is 5.13. The summed E-state index contributed by atoms with van der Waals surface area (Å²) in [6, 6.07) is 11.9. The molecule has 1 aromatic heterocycles. The van der Waals surface area contributed by atoms with E-state index in [0.717, 1.165) is 16.6 Å². The Morgan fingerprint density at radius 3 is 2.53 bits per heavy atom. The molecule has 0 saturated carbocycles. The van der Waals surface area contributed by atoms with Crippen LogP contribution in [-0.2, 0) is 14.3 Å². The lowest BCUT2D eigenvalue weighted by atomic mass is 9.93. The summed E-state index contributed by atoms with van der Waals surface area (Å²) in [6.45, 7) is 2.21. The Hall–Kier alpha value is -3.98. The Morgan fingerprint density at radius 2 is 1.88 bits per heavy atom. The van der Waals surface area contributed by atoms with E-state index in [1.54, 1.807) is 0 Å². The van der Waals surface area contributed by atoms with Crippen LogP contribution in [0, 0.1) is 17.0 Å². The monoisotopic (exact) mass is 435 g/mol. The zero-order valence-corrected chi connectivity index (χ0v) is 17.5. The number of aliphatic hydroxyl groups excluding tert-OH is 1. The highest BCUT2D eigenvalue weighted by Crippen LogP contribution is 2.43. The molecule has 164 valence electrons. The van der Waals surface area contributed by atoms with E-state index in [0.29, 0.717) is 5.56 Å². The Kier molecular flexibility index (Phi) is 5.50. The number of amides is 1. The van der Waals surface area contributed by atoms with E-state index >= 15 is 0 Å². The maximum absolute atomic E-state index is 13.1. The van der Waals surface area contributed by atoms with Gasteiger partial charge in [-0.25, -0.2) is 0 Å². The van der Waals surface area contributed by atoms with Crippen molar-refractivity contribution in [2.24, 2.45) is 0 Å². The molecule has 3 aromatic rings. The zero-order valence-electron chi connectivity index (χ0n) is 17.5. The molecule has 0 aliphatic carbocycles. The highest BCUT2D eigenvalue weighted by atomic mass is 16.6. The van der Waals surface area contributed by atoms with Gasteiger partial charge < -0.3 is 19.7 Å². The van der Waals surface area contributed by atoms with E-state index in [-0.39, 0.29) is 35.7 Å². The van der Waals surface area contributed by atoms with Gasteiger partial charge in [0.2, 0.25) is 0 Å². The van der Waals surface area contributed by atoms with E-state index in [4.69, 9.17) is 4.74 Å². The number of ketones is 1. The minimum absolute atomic E-state index is 0.0622. The van der Waals surface area contributed by atoms with Crippen molar-refractivity contribution < 1.29 is 24.4 Å². The summed E-state index contributed by atoms with van der Waals surface area (Å²) in [6.07, 6.45) is 0. The SMILES string of the molecule is COCCN1C(=O)C(=O)/C(=C(/O)c2ccc([N+](=O)[O-])cc2)C1c1c(C)[nH]c2ccccc12. The predicted octanol–water partition coefficient (Wildman–Crippen LogP) is 3.45. The van der Waals surface area contributed by atoms with E-state index in [1.165, 1.54) is 36.3 Å². The predicted molar refractivity (Wildman–Crippen MR) is 117 cm³/mol. The molecule has 2 heterocycles. The number of fused-ring (bicyclic) bond motifs is 1. The number of methoxy groups -OCH3 is 1. The number of aromatic amines is 1. The molecule has 1 saturated heterocycles. The average Bonchev–Trinajstić information content (AvgIpc) is 3.24. The third-order valence-electron chi connectivity index (χ3n) is 5.64. The first-order valence-electron chi connectivity index (χ1n) is 9.94. The number of aliphatic hydroxyl groups is 1. The van der Waals surface area contributed by atoms with Gasteiger partial charge in [-0.15, -0.1) is 0 Å². The standard InChI is InChI=1S/C23H21N3O6/c1-13-18(16-5-3-4-6-17(16)24-13)20-19(22(28)23(29)25(20)11-12-32-2)21(27)14-7-9-15(10-8-14)26(30)31/h3-10,20,24,27H,11-12H2,1-2H3/b21-19+. The first-order valence-corrected chi connectivity index (χ1v) is 9.94. The summed E-state index contributed by atoms with van der Waals surface area (Å²) in [4.78, 5) is 41.1. The quantitative estimate of drug-likeness (QED) is 0.201. The van der Waals surface area contributed by atoms with Crippen LogP contribution in [0.25, 0.3) is 16.7 Å². The van der Waals surface area contributed by atoms with Crippen LogP contribution in [0.1, 0.15) is 22.9 Å². The molecule has 1 aliphatic rings. The normalized spacial score (nSPS) is 17.9. The molecule has 9 heteroatoms. The van der Waals surface area contributed by atoms with Gasteiger partial charge in [0.05, 0.1) is 23.1 Å². The largest absolute Gasteiger partial charge is 0.507 e. The number of nitrogens with one attached hydrogen (secondary N) is 1. The van der Waals surface area contributed by atoms with Crippen LogP contribution in [0.2, 0.25) is 0 Å². The number of Topliss-reactive ketones (excluding diaryl/α,β-unsaturated/α-hetero) is 1. The number of rotatable bonds is 6. The zero-order chi connectivity index (χ0) is 23.0. The second-order valence-electron chi connectivity index (χ2n) is 7.50. The van der Waals surface area contributed by atoms with Crippen LogP contribution < -0.4 is 0 Å². The number of hydrogen-bond acceptors (Lipinski definition) is 6. The third kappa shape index (κ3) is 3.42. The van der Waals surface area contributed by atoms with Crippen LogP contribution in [0.3, 0.4) is 0 Å². The minimum Gasteiger partial charge on any atom is -0.507 e. The van der Waals surface area contributed by atoms with E-state index in [1.807, 2.05) is 31.2 Å². The van der Waals surface area contributed by atoms with Gasteiger partial charge in [0.25, 0.3) is 17.4 Å². The summed E-state index contributed by atoms with van der Waals surface area (Å²) >= 11 is 0. The van der Waals surface area contributed by atoms with Gasteiger partial charge in [0.1, 0.15) is 5.76 Å². The Labute approximate surface area is 183 Å². The number of aromatic nitrogens is 1. The first kappa shape index (κ1) is 21.3. The molecule has 1 amide bonds. The van der Waals surface area contributed by atoms with Crippen molar-refractivity contribution in [3.05, 3.63) is 81.0 Å². The Balaban J connectivity index is 1.93. The molecular formula is C23H21N3O6. The molecule has 9 nitrogen and oxygen atoms in total. The van der Waals surface area contributed by atoms with Gasteiger partial charge in [0.15, 0.2) is 0 Å². The highest BCUT2D eigenvalue weighted by molar-refractivity contribution is 6.46. The minimum atomic E-state index is -0.837. The van der Waals surface area contributed by atoms with Crippen LogP contribution in [-0.4, -0.2) is 51.9 Å². The summed E-state index contributed by atoms with van der Waals surface area (Å²) in [5, 5.41) is 22.9. The smallest absolute Gasteiger partial charge is 0.295 e. The fourth-order valence-corrected chi connectivity index (χ4v) is 4.15. The van der Waals surface area contributed by atoms with Crippen LogP contribution >= 0.6 is 0 Å². The molecule has 32 heavy (non-hydrogen) atoms. The first-order chi connectivity index (χ1) is 15.3. The maximum atomic E-state index is 13.1. The summed E-state index contributed by atoms with van der Waals surface area (Å²) in [5.41, 5.74) is 2.31. The van der Waals surface area contributed by atoms with Crippen molar-refractivity contribution in [3.63, 3.8) is 0 Å². The van der Waals surface area contributed by atoms with Gasteiger partial charge in [0, 0.05) is 53.5 Å². The number of ether oxygens (including phenoxy) is 1. The number of likely N-dealkylation sites (tertiary alicyclic amines) is 1. The number of H-pyrrole nitrogens is 1. The topological polar surface area (TPSA) is 126 Å². The van der Waals surface area contributed by atoms with Crippen molar-refractivity contribution in [2.75, 3.05) is 20.3 Å². The number of hydrogen-bond donors (Lipinski definition) is 2.